The van der Waals surface area contributed by atoms with E-state index in [9.17, 15) is 0 Å². The maximum atomic E-state index is 4.26. The minimum atomic E-state index is 1.19. The van der Waals surface area contributed by atoms with Crippen molar-refractivity contribution < 1.29 is 0 Å². The standard InChI is InChI=1S/C13H13N3/c1-8-4-14-6-10-11-7-15-5-9(2)13(11)16(3)12(8)10/h4-7H,1-3H3. The second-order valence-electron chi connectivity index (χ2n) is 4.26. The summed E-state index contributed by atoms with van der Waals surface area (Å²) in [6, 6.07) is 0. The van der Waals surface area contributed by atoms with Gasteiger partial charge < -0.3 is 4.57 Å². The molecule has 0 aliphatic rings. The molecular formula is C13H13N3. The van der Waals surface area contributed by atoms with E-state index >= 15 is 0 Å². The predicted octanol–water partition coefficient (Wildman–Crippen LogP) is 2.74. The summed E-state index contributed by atoms with van der Waals surface area (Å²) >= 11 is 0. The summed E-state index contributed by atoms with van der Waals surface area (Å²) in [6.45, 7) is 4.19. The van der Waals surface area contributed by atoms with Crippen LogP contribution in [-0.4, -0.2) is 14.5 Å². The molecule has 0 saturated carbocycles. The van der Waals surface area contributed by atoms with Gasteiger partial charge in [0.2, 0.25) is 0 Å². The van der Waals surface area contributed by atoms with E-state index in [1.54, 1.807) is 0 Å². The fraction of sp³-hybridized carbons (Fsp3) is 0.231. The summed E-state index contributed by atoms with van der Waals surface area (Å²) < 4.78 is 2.23. The lowest BCUT2D eigenvalue weighted by molar-refractivity contribution is 0.997. The molecule has 3 rings (SSSR count). The first kappa shape index (κ1) is 9.33. The number of nitrogens with zero attached hydrogens (tertiary/aromatic N) is 3. The van der Waals surface area contributed by atoms with E-state index in [4.69, 9.17) is 0 Å². The van der Waals surface area contributed by atoms with Gasteiger partial charge in [0.25, 0.3) is 0 Å². The second kappa shape index (κ2) is 3.04. The van der Waals surface area contributed by atoms with E-state index in [0.717, 1.165) is 0 Å². The number of aromatic nitrogens is 3. The molecule has 0 bridgehead atoms. The minimum Gasteiger partial charge on any atom is -0.343 e. The average molecular weight is 211 g/mol. The summed E-state index contributed by atoms with van der Waals surface area (Å²) in [5, 5.41) is 2.38. The Morgan fingerprint density at radius 1 is 0.812 bits per heavy atom. The highest BCUT2D eigenvalue weighted by Gasteiger charge is 2.11. The van der Waals surface area contributed by atoms with Crippen LogP contribution in [0.1, 0.15) is 11.1 Å². The van der Waals surface area contributed by atoms with E-state index in [2.05, 4.69) is 35.4 Å². The van der Waals surface area contributed by atoms with E-state index in [0.29, 0.717) is 0 Å². The van der Waals surface area contributed by atoms with Crippen LogP contribution in [0.15, 0.2) is 24.8 Å². The summed E-state index contributed by atoms with van der Waals surface area (Å²) in [7, 11) is 2.10. The van der Waals surface area contributed by atoms with Gasteiger partial charge >= 0.3 is 0 Å². The first-order chi connectivity index (χ1) is 7.70. The summed E-state index contributed by atoms with van der Waals surface area (Å²) in [5.74, 6) is 0. The largest absolute Gasteiger partial charge is 0.343 e. The van der Waals surface area contributed by atoms with Crippen molar-refractivity contribution in [2.75, 3.05) is 0 Å². The van der Waals surface area contributed by atoms with Crippen LogP contribution in [0, 0.1) is 13.8 Å². The topological polar surface area (TPSA) is 30.7 Å². The molecule has 3 aromatic heterocycles. The normalized spacial score (nSPS) is 11.4. The fourth-order valence-electron chi connectivity index (χ4n) is 2.51. The van der Waals surface area contributed by atoms with Crippen molar-refractivity contribution in [3.8, 4) is 0 Å². The van der Waals surface area contributed by atoms with Gasteiger partial charge in [-0.2, -0.15) is 0 Å². The van der Waals surface area contributed by atoms with E-state index in [-0.39, 0.29) is 0 Å². The third-order valence-electron chi connectivity index (χ3n) is 3.16. The molecule has 0 aliphatic carbocycles. The highest BCUT2D eigenvalue weighted by atomic mass is 15.0. The van der Waals surface area contributed by atoms with Gasteiger partial charge in [0.05, 0.1) is 11.0 Å². The van der Waals surface area contributed by atoms with Crippen LogP contribution in [0.5, 0.6) is 0 Å². The zero-order valence-electron chi connectivity index (χ0n) is 9.65. The number of pyridine rings is 2. The van der Waals surface area contributed by atoms with Crippen molar-refractivity contribution in [3.63, 3.8) is 0 Å². The number of aryl methyl sites for hydroxylation is 3. The SMILES string of the molecule is Cc1cncc2c3cncc(C)c3n(C)c12. The third-order valence-corrected chi connectivity index (χ3v) is 3.16. The molecule has 0 aromatic carbocycles. The Labute approximate surface area is 93.7 Å². The van der Waals surface area contributed by atoms with Crippen LogP contribution in [0.3, 0.4) is 0 Å². The van der Waals surface area contributed by atoms with E-state index in [1.165, 1.54) is 32.9 Å². The molecule has 3 heterocycles. The van der Waals surface area contributed by atoms with E-state index < -0.39 is 0 Å². The molecule has 0 unspecified atom stereocenters. The average Bonchev–Trinajstić information content (AvgIpc) is 2.56. The van der Waals surface area contributed by atoms with Gasteiger partial charge in [-0.3, -0.25) is 9.97 Å². The van der Waals surface area contributed by atoms with Gasteiger partial charge in [-0.15, -0.1) is 0 Å². The van der Waals surface area contributed by atoms with Gasteiger partial charge in [-0.25, -0.2) is 0 Å². The maximum Gasteiger partial charge on any atom is 0.0550 e. The van der Waals surface area contributed by atoms with Gasteiger partial charge in [0.15, 0.2) is 0 Å². The maximum absolute atomic E-state index is 4.26. The first-order valence-electron chi connectivity index (χ1n) is 5.33. The number of hydrogen-bond acceptors (Lipinski definition) is 2. The highest BCUT2D eigenvalue weighted by Crippen LogP contribution is 2.30. The number of rotatable bonds is 0. The second-order valence-corrected chi connectivity index (χ2v) is 4.26. The molecule has 0 saturated heterocycles. The van der Waals surface area contributed by atoms with Gasteiger partial charge in [-0.1, -0.05) is 0 Å². The van der Waals surface area contributed by atoms with Crippen LogP contribution < -0.4 is 0 Å². The Hall–Kier alpha value is -1.90. The lowest BCUT2D eigenvalue weighted by Crippen LogP contribution is -1.91. The first-order valence-corrected chi connectivity index (χ1v) is 5.33. The van der Waals surface area contributed by atoms with Crippen molar-refractivity contribution in [2.45, 2.75) is 13.8 Å². The fourth-order valence-corrected chi connectivity index (χ4v) is 2.51. The zero-order chi connectivity index (χ0) is 11.3. The molecule has 3 nitrogen and oxygen atoms in total. The van der Waals surface area contributed by atoms with Crippen LogP contribution in [0.25, 0.3) is 21.8 Å². The predicted molar refractivity (Wildman–Crippen MR) is 65.5 cm³/mol. The Morgan fingerprint density at radius 3 is 1.69 bits per heavy atom. The Bertz CT molecular complexity index is 636. The van der Waals surface area contributed by atoms with Gasteiger partial charge in [-0.05, 0) is 25.0 Å². The summed E-state index contributed by atoms with van der Waals surface area (Å²) in [5.41, 5.74) is 4.91. The molecule has 0 atom stereocenters. The minimum absolute atomic E-state index is 1.19. The Morgan fingerprint density at radius 2 is 1.25 bits per heavy atom. The molecule has 0 spiro atoms. The van der Waals surface area contributed by atoms with Gasteiger partial charge in [0.1, 0.15) is 0 Å². The lowest BCUT2D eigenvalue weighted by atomic mass is 10.2. The Kier molecular flexibility index (Phi) is 1.78. The van der Waals surface area contributed by atoms with Crippen molar-refractivity contribution in [3.05, 3.63) is 35.9 Å². The molecule has 0 N–H and O–H groups in total. The van der Waals surface area contributed by atoms with Gasteiger partial charge in [0, 0.05) is 42.6 Å². The molecule has 0 amide bonds. The zero-order valence-corrected chi connectivity index (χ0v) is 9.65. The lowest BCUT2D eigenvalue weighted by Gasteiger charge is -2.01. The molecule has 80 valence electrons. The monoisotopic (exact) mass is 211 g/mol. The number of hydrogen-bond donors (Lipinski definition) is 0. The van der Waals surface area contributed by atoms with Crippen LogP contribution in [0.2, 0.25) is 0 Å². The molecule has 3 heteroatoms. The summed E-state index contributed by atoms with van der Waals surface area (Å²) in [4.78, 5) is 8.53. The number of fused-ring (bicyclic) bond motifs is 3. The van der Waals surface area contributed by atoms with Crippen molar-refractivity contribution in [1.29, 1.82) is 0 Å². The van der Waals surface area contributed by atoms with Crippen LogP contribution in [0.4, 0.5) is 0 Å². The molecule has 0 radical (unpaired) electrons. The molecular weight excluding hydrogens is 198 g/mol. The highest BCUT2D eigenvalue weighted by molar-refractivity contribution is 6.09. The third kappa shape index (κ3) is 1.03. The molecule has 16 heavy (non-hydrogen) atoms. The summed E-state index contributed by atoms with van der Waals surface area (Å²) in [6.07, 6.45) is 7.66. The van der Waals surface area contributed by atoms with E-state index in [1.807, 2.05) is 24.8 Å². The van der Waals surface area contributed by atoms with Crippen molar-refractivity contribution >= 4 is 21.8 Å². The quantitative estimate of drug-likeness (QED) is 0.572. The van der Waals surface area contributed by atoms with Crippen LogP contribution >= 0.6 is 0 Å². The molecule has 0 aliphatic heterocycles. The molecule has 0 fully saturated rings. The Balaban J connectivity index is 2.70. The van der Waals surface area contributed by atoms with Crippen molar-refractivity contribution in [1.82, 2.24) is 14.5 Å². The van der Waals surface area contributed by atoms with Crippen molar-refractivity contribution in [2.24, 2.45) is 7.05 Å². The van der Waals surface area contributed by atoms with Crippen LogP contribution in [-0.2, 0) is 7.05 Å². The smallest absolute Gasteiger partial charge is 0.0550 e. The molecule has 3 aromatic rings.